The number of hydrogen-bond donors (Lipinski definition) is 2. The van der Waals surface area contributed by atoms with Crippen LogP contribution in [-0.2, 0) is 0 Å². The van der Waals surface area contributed by atoms with Crippen molar-refractivity contribution in [3.8, 4) is 5.75 Å². The van der Waals surface area contributed by atoms with Crippen molar-refractivity contribution in [1.82, 2.24) is 0 Å². The quantitative estimate of drug-likeness (QED) is 0.768. The molecule has 3 N–H and O–H groups in total. The largest absolute Gasteiger partial charge is 0.489 e. The highest BCUT2D eigenvalue weighted by Crippen LogP contribution is 2.32. The molecule has 0 bridgehead atoms. The first-order chi connectivity index (χ1) is 6.15. The number of ether oxygens (including phenoxy) is 1. The summed E-state index contributed by atoms with van der Waals surface area (Å²) in [5, 5.41) is 9.28. The van der Waals surface area contributed by atoms with E-state index in [0.717, 1.165) is 0 Å². The van der Waals surface area contributed by atoms with E-state index >= 15 is 0 Å². The SMILES string of the molecule is Nc1cc(Cl)c(Cl)cc1OCCO. The fourth-order valence-corrected chi connectivity index (χ4v) is 1.15. The lowest BCUT2D eigenvalue weighted by Gasteiger charge is -2.08. The van der Waals surface area contributed by atoms with Crippen molar-refractivity contribution in [3.63, 3.8) is 0 Å². The molecule has 1 aromatic carbocycles. The molecule has 13 heavy (non-hydrogen) atoms. The molecular formula is C8H9Cl2NO2. The van der Waals surface area contributed by atoms with Crippen LogP contribution in [0.4, 0.5) is 5.69 Å². The molecule has 3 nitrogen and oxygen atoms in total. The number of aliphatic hydroxyl groups is 1. The first-order valence-electron chi connectivity index (χ1n) is 3.63. The van der Waals surface area contributed by atoms with Gasteiger partial charge in [-0.2, -0.15) is 0 Å². The summed E-state index contributed by atoms with van der Waals surface area (Å²) in [4.78, 5) is 0. The Morgan fingerprint density at radius 3 is 2.54 bits per heavy atom. The number of rotatable bonds is 3. The van der Waals surface area contributed by atoms with E-state index in [1.54, 1.807) is 0 Å². The third-order valence-corrected chi connectivity index (χ3v) is 2.12. The summed E-state index contributed by atoms with van der Waals surface area (Å²) in [6, 6.07) is 3.03. The molecule has 0 radical (unpaired) electrons. The van der Waals surface area contributed by atoms with E-state index in [1.807, 2.05) is 0 Å². The molecule has 0 aromatic heterocycles. The molecule has 0 aliphatic rings. The van der Waals surface area contributed by atoms with Gasteiger partial charge in [-0.3, -0.25) is 0 Å². The Morgan fingerprint density at radius 2 is 1.92 bits per heavy atom. The van der Waals surface area contributed by atoms with E-state index in [2.05, 4.69) is 0 Å². The van der Waals surface area contributed by atoms with Gasteiger partial charge in [0.1, 0.15) is 12.4 Å². The van der Waals surface area contributed by atoms with Crippen molar-refractivity contribution < 1.29 is 9.84 Å². The van der Waals surface area contributed by atoms with Gasteiger partial charge in [0.05, 0.1) is 22.3 Å². The Kier molecular flexibility index (Phi) is 3.66. The van der Waals surface area contributed by atoms with Gasteiger partial charge in [0, 0.05) is 6.07 Å². The van der Waals surface area contributed by atoms with Crippen LogP contribution >= 0.6 is 23.2 Å². The third kappa shape index (κ3) is 2.66. The van der Waals surface area contributed by atoms with E-state index in [-0.39, 0.29) is 13.2 Å². The van der Waals surface area contributed by atoms with Crippen LogP contribution in [0.1, 0.15) is 0 Å². The summed E-state index contributed by atoms with van der Waals surface area (Å²) in [6.07, 6.45) is 0. The highest BCUT2D eigenvalue weighted by Gasteiger charge is 2.05. The lowest BCUT2D eigenvalue weighted by atomic mass is 10.3. The van der Waals surface area contributed by atoms with Gasteiger partial charge in [-0.05, 0) is 6.07 Å². The van der Waals surface area contributed by atoms with Gasteiger partial charge in [0.25, 0.3) is 0 Å². The average Bonchev–Trinajstić information content (AvgIpc) is 2.09. The highest BCUT2D eigenvalue weighted by atomic mass is 35.5. The molecule has 0 unspecified atom stereocenters. The Balaban J connectivity index is 2.88. The highest BCUT2D eigenvalue weighted by molar-refractivity contribution is 6.42. The molecule has 72 valence electrons. The topological polar surface area (TPSA) is 55.5 Å². The number of halogens is 2. The van der Waals surface area contributed by atoms with E-state index in [0.29, 0.717) is 21.5 Å². The van der Waals surface area contributed by atoms with Crippen LogP contribution in [-0.4, -0.2) is 18.3 Å². The average molecular weight is 222 g/mol. The predicted molar refractivity (Wildman–Crippen MR) is 53.5 cm³/mol. The van der Waals surface area contributed by atoms with Crippen LogP contribution in [0.5, 0.6) is 5.75 Å². The first kappa shape index (κ1) is 10.4. The fraction of sp³-hybridized carbons (Fsp3) is 0.250. The predicted octanol–water partition coefficient (Wildman–Crippen LogP) is 1.95. The number of nitrogens with two attached hydrogens (primary N) is 1. The van der Waals surface area contributed by atoms with Crippen LogP contribution in [0.2, 0.25) is 10.0 Å². The first-order valence-corrected chi connectivity index (χ1v) is 4.39. The molecule has 0 fully saturated rings. The van der Waals surface area contributed by atoms with Crippen LogP contribution in [0.3, 0.4) is 0 Å². The smallest absolute Gasteiger partial charge is 0.143 e. The number of aliphatic hydroxyl groups excluding tert-OH is 1. The van der Waals surface area contributed by atoms with Crippen molar-refractivity contribution in [1.29, 1.82) is 0 Å². The summed E-state index contributed by atoms with van der Waals surface area (Å²) in [7, 11) is 0. The normalized spacial score (nSPS) is 10.1. The maximum absolute atomic E-state index is 8.52. The Labute approximate surface area is 86.0 Å². The minimum atomic E-state index is -0.0698. The van der Waals surface area contributed by atoms with Crippen molar-refractivity contribution in [2.45, 2.75) is 0 Å². The molecule has 0 aliphatic heterocycles. The number of benzene rings is 1. The molecule has 0 aliphatic carbocycles. The van der Waals surface area contributed by atoms with Crippen molar-refractivity contribution in [2.75, 3.05) is 18.9 Å². The summed E-state index contributed by atoms with van der Waals surface area (Å²) < 4.78 is 5.10. The maximum atomic E-state index is 8.52. The second-order valence-corrected chi connectivity index (χ2v) is 3.19. The summed E-state index contributed by atoms with van der Waals surface area (Å²) in [5.74, 6) is 0.434. The van der Waals surface area contributed by atoms with Gasteiger partial charge in [-0.25, -0.2) is 0 Å². The maximum Gasteiger partial charge on any atom is 0.143 e. The van der Waals surface area contributed by atoms with Crippen molar-refractivity contribution in [3.05, 3.63) is 22.2 Å². The van der Waals surface area contributed by atoms with Crippen molar-refractivity contribution in [2.24, 2.45) is 0 Å². The summed E-state index contributed by atoms with van der Waals surface area (Å²) in [5.41, 5.74) is 5.99. The molecule has 0 atom stereocenters. The lowest BCUT2D eigenvalue weighted by molar-refractivity contribution is 0.202. The van der Waals surface area contributed by atoms with E-state index in [4.69, 9.17) is 38.8 Å². The minimum Gasteiger partial charge on any atom is -0.489 e. The molecule has 1 aromatic rings. The van der Waals surface area contributed by atoms with Gasteiger partial charge in [0.2, 0.25) is 0 Å². The van der Waals surface area contributed by atoms with Crippen molar-refractivity contribution >= 4 is 28.9 Å². The lowest BCUT2D eigenvalue weighted by Crippen LogP contribution is -2.03. The second-order valence-electron chi connectivity index (χ2n) is 2.38. The van der Waals surface area contributed by atoms with Gasteiger partial charge < -0.3 is 15.6 Å². The second kappa shape index (κ2) is 4.56. The summed E-state index contributed by atoms with van der Waals surface area (Å²) >= 11 is 11.4. The van der Waals surface area contributed by atoms with Crippen LogP contribution in [0.25, 0.3) is 0 Å². The molecular weight excluding hydrogens is 213 g/mol. The Morgan fingerprint density at radius 1 is 1.31 bits per heavy atom. The van der Waals surface area contributed by atoms with E-state index < -0.39 is 0 Å². The molecule has 0 saturated heterocycles. The molecule has 0 saturated carbocycles. The number of nitrogen functional groups attached to an aromatic ring is 1. The van der Waals surface area contributed by atoms with Gasteiger partial charge in [-0.15, -0.1) is 0 Å². The Bertz CT molecular complexity index is 304. The Hall–Kier alpha value is -0.640. The minimum absolute atomic E-state index is 0.0698. The summed E-state index contributed by atoms with van der Waals surface area (Å²) in [6.45, 7) is 0.113. The molecule has 0 heterocycles. The van der Waals surface area contributed by atoms with Gasteiger partial charge in [0.15, 0.2) is 0 Å². The van der Waals surface area contributed by atoms with Gasteiger partial charge in [-0.1, -0.05) is 23.2 Å². The molecule has 0 amide bonds. The monoisotopic (exact) mass is 221 g/mol. The van der Waals surface area contributed by atoms with E-state index in [9.17, 15) is 0 Å². The molecule has 5 heteroatoms. The molecule has 1 rings (SSSR count). The standard InChI is InChI=1S/C8H9Cl2NO2/c9-5-3-7(11)8(4-6(5)10)13-2-1-12/h3-4,12H,1-2,11H2. The fourth-order valence-electron chi connectivity index (χ4n) is 0.825. The zero-order chi connectivity index (χ0) is 9.84. The van der Waals surface area contributed by atoms with Crippen LogP contribution in [0.15, 0.2) is 12.1 Å². The van der Waals surface area contributed by atoms with Crippen LogP contribution in [0, 0.1) is 0 Å². The number of hydrogen-bond acceptors (Lipinski definition) is 3. The number of anilines is 1. The third-order valence-electron chi connectivity index (χ3n) is 1.40. The molecule has 0 spiro atoms. The zero-order valence-electron chi connectivity index (χ0n) is 6.76. The van der Waals surface area contributed by atoms with E-state index in [1.165, 1.54) is 12.1 Å². The zero-order valence-corrected chi connectivity index (χ0v) is 8.27. The van der Waals surface area contributed by atoms with Crippen LogP contribution < -0.4 is 10.5 Å². The van der Waals surface area contributed by atoms with Gasteiger partial charge >= 0.3 is 0 Å².